The first-order valence-corrected chi connectivity index (χ1v) is 13.6. The van der Waals surface area contributed by atoms with Crippen molar-refractivity contribution in [1.82, 2.24) is 14.0 Å². The molecular weight excluding hydrogens is 486 g/mol. The lowest BCUT2D eigenvalue weighted by Crippen LogP contribution is -1.95. The molecule has 3 nitrogen and oxygen atoms in total. The van der Waals surface area contributed by atoms with E-state index >= 15 is 0 Å². The zero-order valence-electron chi connectivity index (χ0n) is 21.6. The first-order chi connectivity index (χ1) is 19.8. The third-order valence-corrected chi connectivity index (χ3v) is 8.35. The van der Waals surface area contributed by atoms with Gasteiger partial charge in [-0.25, -0.2) is 0 Å². The van der Waals surface area contributed by atoms with Crippen LogP contribution in [0.1, 0.15) is 0 Å². The van der Waals surface area contributed by atoms with Gasteiger partial charge in [0.25, 0.3) is 0 Å². The highest BCUT2D eigenvalue weighted by Crippen LogP contribution is 2.39. The van der Waals surface area contributed by atoms with Crippen molar-refractivity contribution >= 4 is 59.9 Å². The van der Waals surface area contributed by atoms with E-state index in [4.69, 9.17) is 0 Å². The van der Waals surface area contributed by atoms with Crippen molar-refractivity contribution in [3.63, 3.8) is 0 Å². The standard InChI is InChI=1S/C37H23N3/c1-2-12-30-28(10-1)29-11-3-6-15-34(29)40-35-23-37-32(21-26(35)22-36(30)40)31-13-4-5-14-33(31)39(37)27-9-7-8-25(20-27)24-16-18-38-19-17-24/h1-23H. The lowest BCUT2D eigenvalue weighted by atomic mass is 10.1. The first-order valence-electron chi connectivity index (χ1n) is 13.6. The Bertz CT molecular complexity index is 2430. The van der Waals surface area contributed by atoms with Gasteiger partial charge in [-0.1, -0.05) is 72.8 Å². The van der Waals surface area contributed by atoms with Gasteiger partial charge in [-0.05, 0) is 71.1 Å². The van der Waals surface area contributed by atoms with Gasteiger partial charge in [0.2, 0.25) is 0 Å². The molecule has 0 spiro atoms. The van der Waals surface area contributed by atoms with E-state index in [1.807, 2.05) is 12.4 Å². The van der Waals surface area contributed by atoms with Gasteiger partial charge in [-0.2, -0.15) is 0 Å². The van der Waals surface area contributed by atoms with Crippen LogP contribution in [0.4, 0.5) is 0 Å². The maximum absolute atomic E-state index is 4.21. The van der Waals surface area contributed by atoms with Gasteiger partial charge in [0.05, 0.1) is 27.6 Å². The zero-order chi connectivity index (χ0) is 26.2. The third-order valence-electron chi connectivity index (χ3n) is 8.35. The molecule has 4 heterocycles. The van der Waals surface area contributed by atoms with Gasteiger partial charge in [-0.15, -0.1) is 0 Å². The number of aromatic nitrogens is 3. The van der Waals surface area contributed by atoms with E-state index < -0.39 is 0 Å². The van der Waals surface area contributed by atoms with Crippen molar-refractivity contribution in [2.45, 2.75) is 0 Å². The second-order valence-corrected chi connectivity index (χ2v) is 10.5. The number of para-hydroxylation sites is 2. The number of fused-ring (bicyclic) bond motifs is 11. The van der Waals surface area contributed by atoms with E-state index in [0.29, 0.717) is 0 Å². The fourth-order valence-corrected chi connectivity index (χ4v) is 6.61. The fourth-order valence-electron chi connectivity index (χ4n) is 6.61. The van der Waals surface area contributed by atoms with Gasteiger partial charge < -0.3 is 8.97 Å². The molecule has 0 radical (unpaired) electrons. The summed E-state index contributed by atoms with van der Waals surface area (Å²) in [6.07, 6.45) is 3.70. The summed E-state index contributed by atoms with van der Waals surface area (Å²) in [7, 11) is 0. The molecule has 186 valence electrons. The number of nitrogens with zero attached hydrogens (tertiary/aromatic N) is 3. The van der Waals surface area contributed by atoms with Crippen molar-refractivity contribution < 1.29 is 0 Å². The van der Waals surface area contributed by atoms with Crippen molar-refractivity contribution in [2.24, 2.45) is 0 Å². The molecule has 0 bridgehead atoms. The molecule has 0 unspecified atom stereocenters. The van der Waals surface area contributed by atoms with Crippen LogP contribution in [0.2, 0.25) is 0 Å². The molecule has 0 saturated heterocycles. The van der Waals surface area contributed by atoms with Crippen LogP contribution in [0.5, 0.6) is 0 Å². The lowest BCUT2D eigenvalue weighted by Gasteiger charge is -2.11. The number of hydrogen-bond donors (Lipinski definition) is 0. The highest BCUT2D eigenvalue weighted by atomic mass is 15.0. The fraction of sp³-hybridized carbons (Fsp3) is 0. The molecule has 5 aromatic carbocycles. The zero-order valence-corrected chi connectivity index (χ0v) is 21.6. The molecule has 0 amide bonds. The number of benzene rings is 5. The highest BCUT2D eigenvalue weighted by molar-refractivity contribution is 6.18. The minimum atomic E-state index is 1.15. The second-order valence-electron chi connectivity index (χ2n) is 10.5. The maximum Gasteiger partial charge on any atom is 0.0562 e. The third kappa shape index (κ3) is 2.92. The van der Waals surface area contributed by atoms with Gasteiger partial charge in [0.1, 0.15) is 0 Å². The molecule has 0 atom stereocenters. The summed E-state index contributed by atoms with van der Waals surface area (Å²) < 4.78 is 4.86. The summed E-state index contributed by atoms with van der Waals surface area (Å²) in [6.45, 7) is 0. The van der Waals surface area contributed by atoms with Gasteiger partial charge in [0.15, 0.2) is 0 Å². The summed E-state index contributed by atoms with van der Waals surface area (Å²) in [4.78, 5) is 4.21. The van der Waals surface area contributed by atoms with E-state index in [9.17, 15) is 0 Å². The van der Waals surface area contributed by atoms with Crippen LogP contribution in [0.15, 0.2) is 140 Å². The molecule has 4 aromatic heterocycles. The van der Waals surface area contributed by atoms with Crippen LogP contribution in [0.25, 0.3) is 76.7 Å². The normalized spacial score (nSPS) is 12.0. The molecule has 3 heteroatoms. The highest BCUT2D eigenvalue weighted by Gasteiger charge is 2.17. The Labute approximate surface area is 230 Å². The SMILES string of the molecule is c1cc(-c2ccncc2)cc(-n2c3ccccc3c3cc4cc5c6ccccc6c6ccccc6n5c4cc32)c1. The maximum atomic E-state index is 4.21. The first kappa shape index (κ1) is 21.5. The molecular formula is C37H23N3. The van der Waals surface area contributed by atoms with Gasteiger partial charge >= 0.3 is 0 Å². The molecule has 0 aliphatic heterocycles. The predicted octanol–water partition coefficient (Wildman–Crippen LogP) is 9.56. The van der Waals surface area contributed by atoms with Crippen LogP contribution >= 0.6 is 0 Å². The summed E-state index contributed by atoms with van der Waals surface area (Å²) in [5.74, 6) is 0. The predicted molar refractivity (Wildman–Crippen MR) is 167 cm³/mol. The van der Waals surface area contributed by atoms with Crippen molar-refractivity contribution in [2.75, 3.05) is 0 Å². The minimum absolute atomic E-state index is 1.15. The van der Waals surface area contributed by atoms with E-state index in [-0.39, 0.29) is 0 Å². The molecule has 0 N–H and O–H groups in total. The van der Waals surface area contributed by atoms with Gasteiger partial charge in [0, 0.05) is 45.0 Å². The molecule has 9 rings (SSSR count). The average molecular weight is 510 g/mol. The Morgan fingerprint density at radius 3 is 1.88 bits per heavy atom. The monoisotopic (exact) mass is 509 g/mol. The Hall–Kier alpha value is -5.41. The molecule has 0 saturated carbocycles. The quantitative estimate of drug-likeness (QED) is 0.213. The smallest absolute Gasteiger partial charge is 0.0562 e. The number of rotatable bonds is 2. The largest absolute Gasteiger partial charge is 0.309 e. The molecule has 40 heavy (non-hydrogen) atoms. The Morgan fingerprint density at radius 2 is 1.07 bits per heavy atom. The second kappa shape index (κ2) is 8.05. The van der Waals surface area contributed by atoms with Crippen LogP contribution in [-0.2, 0) is 0 Å². The Balaban J connectivity index is 1.43. The van der Waals surface area contributed by atoms with Crippen molar-refractivity contribution in [3.8, 4) is 16.8 Å². The molecule has 0 aliphatic rings. The van der Waals surface area contributed by atoms with Crippen LogP contribution in [0, 0.1) is 0 Å². The van der Waals surface area contributed by atoms with Crippen LogP contribution < -0.4 is 0 Å². The summed E-state index contributed by atoms with van der Waals surface area (Å²) >= 11 is 0. The number of hydrogen-bond acceptors (Lipinski definition) is 1. The van der Waals surface area contributed by atoms with Crippen LogP contribution in [0.3, 0.4) is 0 Å². The van der Waals surface area contributed by atoms with E-state index in [1.54, 1.807) is 0 Å². The van der Waals surface area contributed by atoms with Crippen molar-refractivity contribution in [3.05, 3.63) is 140 Å². The van der Waals surface area contributed by atoms with E-state index in [2.05, 4.69) is 141 Å². The number of pyridine rings is 2. The van der Waals surface area contributed by atoms with Crippen LogP contribution in [-0.4, -0.2) is 14.0 Å². The topological polar surface area (TPSA) is 22.2 Å². The summed E-state index contributed by atoms with van der Waals surface area (Å²) in [6, 6.07) is 46.3. The van der Waals surface area contributed by atoms with E-state index in [0.717, 1.165) is 11.3 Å². The Morgan fingerprint density at radius 1 is 0.400 bits per heavy atom. The average Bonchev–Trinajstić information content (AvgIpc) is 3.56. The van der Waals surface area contributed by atoms with Crippen molar-refractivity contribution in [1.29, 1.82) is 0 Å². The Kier molecular flexibility index (Phi) is 4.33. The minimum Gasteiger partial charge on any atom is -0.309 e. The molecule has 0 aliphatic carbocycles. The van der Waals surface area contributed by atoms with Gasteiger partial charge in [-0.3, -0.25) is 4.98 Å². The summed E-state index contributed by atoms with van der Waals surface area (Å²) in [5.41, 5.74) is 9.60. The lowest BCUT2D eigenvalue weighted by molar-refractivity contribution is 1.18. The molecule has 0 fully saturated rings. The van der Waals surface area contributed by atoms with E-state index in [1.165, 1.54) is 65.5 Å². The molecule has 9 aromatic rings. The summed E-state index contributed by atoms with van der Waals surface area (Å²) in [5, 5.41) is 7.62.